The standard InChI is InChI=1S/C48H42.C3H6/c1-5-17-34(3)48(35(4)18-6-2)45-28-14-13-27-43(45)44-30-29-41(33-46(44)48)39-24-15-23-38(31-39)40-25-16-26-42(32-40)47(36-19-9-7-10-20-36)37-21-11-8-12-22-37;1-3-2/h5-11,13-21,23-33,47H,1-2,12,22H2,3-4H3;3H,1H2,2H3/b34-17-,35-18-;. The van der Waals surface area contributed by atoms with Crippen LogP contribution in [-0.2, 0) is 5.41 Å². The van der Waals surface area contributed by atoms with Crippen LogP contribution in [0.25, 0.3) is 33.4 Å². The molecule has 0 bridgehead atoms. The van der Waals surface area contributed by atoms with E-state index in [0.29, 0.717) is 0 Å². The molecule has 2 aliphatic rings. The Morgan fingerprint density at radius 2 is 1.18 bits per heavy atom. The summed E-state index contributed by atoms with van der Waals surface area (Å²) >= 11 is 0. The van der Waals surface area contributed by atoms with Gasteiger partial charge in [-0.25, -0.2) is 0 Å². The summed E-state index contributed by atoms with van der Waals surface area (Å²) in [5.74, 6) is 0.240. The maximum Gasteiger partial charge on any atom is 0.0634 e. The van der Waals surface area contributed by atoms with Gasteiger partial charge in [-0.3, -0.25) is 0 Å². The molecule has 1 atom stereocenters. The molecule has 5 aromatic carbocycles. The summed E-state index contributed by atoms with van der Waals surface area (Å²) in [6.07, 6.45) is 18.9. The van der Waals surface area contributed by atoms with Gasteiger partial charge in [0.25, 0.3) is 0 Å². The summed E-state index contributed by atoms with van der Waals surface area (Å²) in [4.78, 5) is 0. The van der Waals surface area contributed by atoms with E-state index in [9.17, 15) is 0 Å². The van der Waals surface area contributed by atoms with Gasteiger partial charge in [-0.2, -0.15) is 0 Å². The van der Waals surface area contributed by atoms with Crippen LogP contribution < -0.4 is 0 Å². The van der Waals surface area contributed by atoms with Gasteiger partial charge in [-0.1, -0.05) is 188 Å². The van der Waals surface area contributed by atoms with Crippen LogP contribution in [-0.4, -0.2) is 0 Å². The molecular formula is C51H48. The molecule has 7 rings (SSSR count). The zero-order valence-corrected chi connectivity index (χ0v) is 30.3. The number of benzene rings is 5. The van der Waals surface area contributed by atoms with Crippen LogP contribution in [0.5, 0.6) is 0 Å². The molecule has 0 radical (unpaired) electrons. The van der Waals surface area contributed by atoms with E-state index < -0.39 is 5.41 Å². The van der Waals surface area contributed by atoms with Crippen molar-refractivity contribution in [3.63, 3.8) is 0 Å². The van der Waals surface area contributed by atoms with Crippen molar-refractivity contribution in [2.24, 2.45) is 0 Å². The second kappa shape index (κ2) is 15.9. The minimum Gasteiger partial charge on any atom is -0.103 e. The van der Waals surface area contributed by atoms with Crippen LogP contribution in [0.15, 0.2) is 206 Å². The number of hydrogen-bond donors (Lipinski definition) is 0. The van der Waals surface area contributed by atoms with Crippen LogP contribution in [0.3, 0.4) is 0 Å². The molecule has 0 saturated heterocycles. The monoisotopic (exact) mass is 660 g/mol. The van der Waals surface area contributed by atoms with Crippen molar-refractivity contribution in [3.05, 3.63) is 229 Å². The zero-order valence-electron chi connectivity index (χ0n) is 30.3. The van der Waals surface area contributed by atoms with E-state index in [1.54, 1.807) is 6.08 Å². The van der Waals surface area contributed by atoms with Gasteiger partial charge in [0.05, 0.1) is 5.41 Å². The van der Waals surface area contributed by atoms with Crippen LogP contribution in [0, 0.1) is 0 Å². The van der Waals surface area contributed by atoms with Gasteiger partial charge in [0.2, 0.25) is 0 Å². The molecule has 0 N–H and O–H groups in total. The quantitative estimate of drug-likeness (QED) is 0.109. The van der Waals surface area contributed by atoms with Gasteiger partial charge in [0, 0.05) is 5.92 Å². The smallest absolute Gasteiger partial charge is 0.0634 e. The van der Waals surface area contributed by atoms with E-state index in [0.717, 1.165) is 12.8 Å². The van der Waals surface area contributed by atoms with Gasteiger partial charge in [0.1, 0.15) is 0 Å². The van der Waals surface area contributed by atoms with Crippen molar-refractivity contribution in [1.29, 1.82) is 0 Å². The second-order valence-corrected chi connectivity index (χ2v) is 13.4. The van der Waals surface area contributed by atoms with Crippen LogP contribution in [0.2, 0.25) is 0 Å². The highest BCUT2D eigenvalue weighted by atomic mass is 14.5. The molecule has 0 fully saturated rings. The van der Waals surface area contributed by atoms with Crippen molar-refractivity contribution < 1.29 is 0 Å². The summed E-state index contributed by atoms with van der Waals surface area (Å²) in [6.45, 7) is 17.8. The third kappa shape index (κ3) is 6.75. The molecular weight excluding hydrogens is 613 g/mol. The summed E-state index contributed by atoms with van der Waals surface area (Å²) in [5.41, 5.74) is 16.3. The average Bonchev–Trinajstić information content (AvgIpc) is 3.47. The number of allylic oxidation sites excluding steroid dienone is 11. The number of rotatable bonds is 9. The third-order valence-corrected chi connectivity index (χ3v) is 10.3. The Morgan fingerprint density at radius 1 is 0.608 bits per heavy atom. The largest absolute Gasteiger partial charge is 0.103 e. The topological polar surface area (TPSA) is 0 Å². The molecule has 51 heavy (non-hydrogen) atoms. The Morgan fingerprint density at radius 3 is 1.82 bits per heavy atom. The van der Waals surface area contributed by atoms with Gasteiger partial charge < -0.3 is 0 Å². The Bertz CT molecular complexity index is 2150. The lowest BCUT2D eigenvalue weighted by molar-refractivity contribution is 0.726. The van der Waals surface area contributed by atoms with Gasteiger partial charge in [-0.15, -0.1) is 6.58 Å². The molecule has 2 aliphatic carbocycles. The molecule has 0 aliphatic heterocycles. The molecule has 0 spiro atoms. The molecule has 0 saturated carbocycles. The van der Waals surface area contributed by atoms with Crippen molar-refractivity contribution in [2.45, 2.75) is 44.9 Å². The molecule has 252 valence electrons. The predicted octanol–water partition coefficient (Wildman–Crippen LogP) is 14.2. The predicted molar refractivity (Wildman–Crippen MR) is 222 cm³/mol. The molecule has 5 aromatic rings. The highest BCUT2D eigenvalue weighted by Gasteiger charge is 2.45. The fraction of sp³-hybridized carbons (Fsp3) is 0.137. The Kier molecular flexibility index (Phi) is 10.9. The Labute approximate surface area is 305 Å². The summed E-state index contributed by atoms with van der Waals surface area (Å²) in [7, 11) is 0. The van der Waals surface area contributed by atoms with Crippen molar-refractivity contribution >= 4 is 0 Å². The first kappa shape index (κ1) is 35.1. The first-order chi connectivity index (χ1) is 25.0. The van der Waals surface area contributed by atoms with Gasteiger partial charge in [0.15, 0.2) is 0 Å². The summed E-state index contributed by atoms with van der Waals surface area (Å²) in [5, 5.41) is 0. The fourth-order valence-electron chi connectivity index (χ4n) is 8.13. The van der Waals surface area contributed by atoms with Crippen LogP contribution in [0.1, 0.15) is 61.8 Å². The summed E-state index contributed by atoms with van der Waals surface area (Å²) < 4.78 is 0. The Hall–Kier alpha value is -5.72. The van der Waals surface area contributed by atoms with E-state index in [1.807, 2.05) is 19.1 Å². The SMILES string of the molecule is C=C/C=C(/C)C1(/C(C)=C\C=C)c2ccccc2-c2ccc(-c3cccc(-c4cccc(C(C5=CC=CCC5)c5ccccc5)c4)c3)cc21.C=CC. The minimum absolute atomic E-state index is 0.240. The molecule has 0 heterocycles. The van der Waals surface area contributed by atoms with E-state index >= 15 is 0 Å². The van der Waals surface area contributed by atoms with Crippen molar-refractivity contribution in [3.8, 4) is 33.4 Å². The normalized spacial score (nSPS) is 16.9. The van der Waals surface area contributed by atoms with E-state index in [-0.39, 0.29) is 5.92 Å². The molecule has 1 unspecified atom stereocenters. The second-order valence-electron chi connectivity index (χ2n) is 13.4. The maximum absolute atomic E-state index is 4.06. The van der Waals surface area contributed by atoms with E-state index in [1.165, 1.54) is 72.4 Å². The fourth-order valence-corrected chi connectivity index (χ4v) is 8.13. The summed E-state index contributed by atoms with van der Waals surface area (Å²) in [6, 6.07) is 45.0. The molecule has 0 aromatic heterocycles. The first-order valence-electron chi connectivity index (χ1n) is 18.0. The highest BCUT2D eigenvalue weighted by Crippen LogP contribution is 2.57. The van der Waals surface area contributed by atoms with Crippen LogP contribution >= 0.6 is 0 Å². The maximum atomic E-state index is 4.06. The molecule has 0 amide bonds. The van der Waals surface area contributed by atoms with Gasteiger partial charge in [-0.05, 0) is 101 Å². The number of hydrogen-bond acceptors (Lipinski definition) is 0. The number of fused-ring (bicyclic) bond motifs is 3. The van der Waals surface area contributed by atoms with Crippen molar-refractivity contribution in [1.82, 2.24) is 0 Å². The van der Waals surface area contributed by atoms with Crippen LogP contribution in [0.4, 0.5) is 0 Å². The minimum atomic E-state index is -0.397. The first-order valence-corrected chi connectivity index (χ1v) is 18.0. The lowest BCUT2D eigenvalue weighted by Gasteiger charge is -2.35. The lowest BCUT2D eigenvalue weighted by Crippen LogP contribution is -2.28. The average molecular weight is 661 g/mol. The highest BCUT2D eigenvalue weighted by molar-refractivity contribution is 5.88. The molecule has 0 nitrogen and oxygen atoms in total. The zero-order chi connectivity index (χ0) is 35.8. The third-order valence-electron chi connectivity index (χ3n) is 10.3. The molecule has 0 heteroatoms. The lowest BCUT2D eigenvalue weighted by atomic mass is 9.67. The Balaban J connectivity index is 0.00000144. The van der Waals surface area contributed by atoms with Crippen molar-refractivity contribution in [2.75, 3.05) is 0 Å². The van der Waals surface area contributed by atoms with E-state index in [4.69, 9.17) is 0 Å². The van der Waals surface area contributed by atoms with Gasteiger partial charge >= 0.3 is 0 Å². The van der Waals surface area contributed by atoms with E-state index in [2.05, 4.69) is 185 Å².